The molecule has 104 valence electrons. The van der Waals surface area contributed by atoms with Crippen LogP contribution in [0.25, 0.3) is 0 Å². The molecule has 0 saturated heterocycles. The quantitative estimate of drug-likeness (QED) is 0.747. The molecule has 3 N–H and O–H groups in total. The number of benzene rings is 1. The number of hydrogen-bond acceptors (Lipinski definition) is 4. The summed E-state index contributed by atoms with van der Waals surface area (Å²) in [6.45, 7) is 1.93. The van der Waals surface area contributed by atoms with Crippen LogP contribution in [0.3, 0.4) is 0 Å². The fourth-order valence-corrected chi connectivity index (χ4v) is 1.72. The number of aromatic amines is 2. The van der Waals surface area contributed by atoms with Gasteiger partial charge >= 0.3 is 5.69 Å². The largest absolute Gasteiger partial charge is 0.342 e. The van der Waals surface area contributed by atoms with Crippen molar-refractivity contribution in [1.82, 2.24) is 15.2 Å². The second kappa shape index (κ2) is 5.96. The molecule has 0 bridgehead atoms. The zero-order chi connectivity index (χ0) is 14.5. The van der Waals surface area contributed by atoms with Crippen LogP contribution in [0.15, 0.2) is 33.9 Å². The lowest BCUT2D eigenvalue weighted by molar-refractivity contribution is -0.116. The fourth-order valence-electron chi connectivity index (χ4n) is 1.72. The lowest BCUT2D eigenvalue weighted by atomic mass is 10.2. The first-order valence-electron chi connectivity index (χ1n) is 6.09. The molecule has 7 heteroatoms. The highest BCUT2D eigenvalue weighted by Crippen LogP contribution is 2.09. The Labute approximate surface area is 114 Å². The Morgan fingerprint density at radius 1 is 1.35 bits per heavy atom. The van der Waals surface area contributed by atoms with Crippen molar-refractivity contribution in [2.45, 2.75) is 19.8 Å². The molecule has 7 nitrogen and oxygen atoms in total. The number of nitrogens with zero attached hydrogens (tertiary/aromatic N) is 1. The van der Waals surface area contributed by atoms with E-state index in [2.05, 4.69) is 20.5 Å². The Morgan fingerprint density at radius 2 is 2.15 bits per heavy atom. The molecule has 0 spiro atoms. The number of carbonyl (C=O) groups is 1. The third-order valence-corrected chi connectivity index (χ3v) is 2.67. The van der Waals surface area contributed by atoms with E-state index in [0.29, 0.717) is 5.69 Å². The zero-order valence-electron chi connectivity index (χ0n) is 10.9. The predicted octanol–water partition coefficient (Wildman–Crippen LogP) is 0.338. The van der Waals surface area contributed by atoms with E-state index in [1.165, 1.54) is 0 Å². The average molecular weight is 274 g/mol. The second-order valence-corrected chi connectivity index (χ2v) is 4.37. The van der Waals surface area contributed by atoms with Crippen molar-refractivity contribution >= 4 is 11.6 Å². The summed E-state index contributed by atoms with van der Waals surface area (Å²) < 4.78 is 0. The average Bonchev–Trinajstić information content (AvgIpc) is 2.37. The van der Waals surface area contributed by atoms with Crippen LogP contribution in [0, 0.1) is 6.92 Å². The van der Waals surface area contributed by atoms with Gasteiger partial charge in [-0.25, -0.2) is 9.89 Å². The van der Waals surface area contributed by atoms with Crippen molar-refractivity contribution in [2.24, 2.45) is 0 Å². The summed E-state index contributed by atoms with van der Waals surface area (Å²) in [5.41, 5.74) is 0.643. The predicted molar refractivity (Wildman–Crippen MR) is 73.6 cm³/mol. The molecule has 1 aromatic heterocycles. The van der Waals surface area contributed by atoms with Gasteiger partial charge in [0.05, 0.1) is 0 Å². The van der Waals surface area contributed by atoms with Gasteiger partial charge in [-0.2, -0.15) is 5.10 Å². The molecular formula is C13H14N4O3. The molecule has 0 radical (unpaired) electrons. The highest BCUT2D eigenvalue weighted by atomic mass is 16.2. The first kappa shape index (κ1) is 13.7. The number of hydrogen-bond donors (Lipinski definition) is 3. The number of amides is 1. The Hall–Kier alpha value is -2.70. The van der Waals surface area contributed by atoms with Gasteiger partial charge in [-0.3, -0.25) is 14.6 Å². The Balaban J connectivity index is 1.95. The van der Waals surface area contributed by atoms with Gasteiger partial charge < -0.3 is 5.32 Å². The summed E-state index contributed by atoms with van der Waals surface area (Å²) in [5, 5.41) is 8.47. The molecule has 0 aliphatic carbocycles. The third kappa shape index (κ3) is 3.64. The molecule has 0 aliphatic rings. The minimum Gasteiger partial charge on any atom is -0.326 e. The normalized spacial score (nSPS) is 10.2. The minimum atomic E-state index is -0.664. The summed E-state index contributed by atoms with van der Waals surface area (Å²) >= 11 is 0. The van der Waals surface area contributed by atoms with Gasteiger partial charge in [0.2, 0.25) is 5.91 Å². The van der Waals surface area contributed by atoms with Crippen LogP contribution in [0.4, 0.5) is 5.69 Å². The smallest absolute Gasteiger partial charge is 0.326 e. The molecule has 2 aromatic rings. The summed E-state index contributed by atoms with van der Waals surface area (Å²) in [5.74, 6) is -0.219. The molecule has 1 amide bonds. The summed E-state index contributed by atoms with van der Waals surface area (Å²) in [6, 6.07) is 7.41. The number of H-pyrrole nitrogens is 2. The topological polar surface area (TPSA) is 108 Å². The number of carbonyl (C=O) groups excluding carboxylic acids is 1. The van der Waals surface area contributed by atoms with Crippen LogP contribution in [0.1, 0.15) is 17.7 Å². The second-order valence-electron chi connectivity index (χ2n) is 4.37. The first-order chi connectivity index (χ1) is 9.54. The van der Waals surface area contributed by atoms with E-state index < -0.39 is 11.2 Å². The lowest BCUT2D eigenvalue weighted by Gasteiger charge is -2.05. The van der Waals surface area contributed by atoms with Crippen LogP contribution in [0.2, 0.25) is 0 Å². The van der Waals surface area contributed by atoms with E-state index in [0.717, 1.165) is 5.56 Å². The van der Waals surface area contributed by atoms with Crippen LogP contribution in [-0.4, -0.2) is 21.1 Å². The number of nitrogens with one attached hydrogen (secondary N) is 3. The third-order valence-electron chi connectivity index (χ3n) is 2.67. The van der Waals surface area contributed by atoms with Crippen molar-refractivity contribution < 1.29 is 4.79 Å². The van der Waals surface area contributed by atoms with Crippen LogP contribution in [0.5, 0.6) is 0 Å². The van der Waals surface area contributed by atoms with Gasteiger partial charge in [0.1, 0.15) is 5.69 Å². The zero-order valence-corrected chi connectivity index (χ0v) is 10.9. The maximum Gasteiger partial charge on any atom is 0.342 e. The van der Waals surface area contributed by atoms with E-state index in [-0.39, 0.29) is 24.4 Å². The summed E-state index contributed by atoms with van der Waals surface area (Å²) in [4.78, 5) is 36.0. The molecule has 0 aliphatic heterocycles. The first-order valence-corrected chi connectivity index (χ1v) is 6.09. The van der Waals surface area contributed by atoms with Gasteiger partial charge in [-0.15, -0.1) is 0 Å². The number of anilines is 1. The van der Waals surface area contributed by atoms with Gasteiger partial charge in [0.25, 0.3) is 5.56 Å². The van der Waals surface area contributed by atoms with E-state index >= 15 is 0 Å². The minimum absolute atomic E-state index is 0.107. The summed E-state index contributed by atoms with van der Waals surface area (Å²) in [6.07, 6.45) is 0.264. The standard InChI is InChI=1S/C13H14N4O3/c1-8-3-2-4-9(7-8)14-11(18)6-5-10-12(19)15-13(20)17-16-10/h2-4,7H,5-6H2,1H3,(H,14,18)(H2,15,17,19,20). The van der Waals surface area contributed by atoms with Crippen molar-refractivity contribution in [3.8, 4) is 0 Å². The SMILES string of the molecule is Cc1cccc(NC(=O)CCc2n[nH]c(=O)[nH]c2=O)c1. The fraction of sp³-hybridized carbons (Fsp3) is 0.231. The van der Waals surface area contributed by atoms with Gasteiger partial charge in [0, 0.05) is 18.5 Å². The van der Waals surface area contributed by atoms with Crippen molar-refractivity contribution in [2.75, 3.05) is 5.32 Å². The van der Waals surface area contributed by atoms with Crippen molar-refractivity contribution in [1.29, 1.82) is 0 Å². The molecule has 1 heterocycles. The lowest BCUT2D eigenvalue weighted by Crippen LogP contribution is -2.28. The molecule has 1 aromatic carbocycles. The van der Waals surface area contributed by atoms with E-state index in [1.54, 1.807) is 6.07 Å². The number of aromatic nitrogens is 3. The molecular weight excluding hydrogens is 260 g/mol. The molecule has 2 rings (SSSR count). The monoisotopic (exact) mass is 274 g/mol. The molecule has 0 atom stereocenters. The van der Waals surface area contributed by atoms with E-state index in [4.69, 9.17) is 0 Å². The van der Waals surface area contributed by atoms with Crippen LogP contribution in [-0.2, 0) is 11.2 Å². The molecule has 0 fully saturated rings. The maximum atomic E-state index is 11.8. The Kier molecular flexibility index (Phi) is 4.09. The van der Waals surface area contributed by atoms with Crippen LogP contribution >= 0.6 is 0 Å². The highest BCUT2D eigenvalue weighted by molar-refractivity contribution is 5.90. The molecule has 0 unspecified atom stereocenters. The van der Waals surface area contributed by atoms with E-state index in [1.807, 2.05) is 25.1 Å². The molecule has 20 heavy (non-hydrogen) atoms. The van der Waals surface area contributed by atoms with Gasteiger partial charge in [0.15, 0.2) is 0 Å². The summed E-state index contributed by atoms with van der Waals surface area (Å²) in [7, 11) is 0. The Morgan fingerprint density at radius 3 is 2.85 bits per heavy atom. The van der Waals surface area contributed by atoms with E-state index in [9.17, 15) is 14.4 Å². The number of aryl methyl sites for hydroxylation is 2. The van der Waals surface area contributed by atoms with Crippen LogP contribution < -0.4 is 16.6 Å². The number of rotatable bonds is 4. The Bertz CT molecular complexity index is 733. The highest BCUT2D eigenvalue weighted by Gasteiger charge is 2.07. The van der Waals surface area contributed by atoms with Crippen molar-refractivity contribution in [3.63, 3.8) is 0 Å². The van der Waals surface area contributed by atoms with Gasteiger partial charge in [-0.1, -0.05) is 12.1 Å². The van der Waals surface area contributed by atoms with Crippen molar-refractivity contribution in [3.05, 3.63) is 56.4 Å². The maximum absolute atomic E-state index is 11.8. The molecule has 0 saturated carbocycles. The van der Waals surface area contributed by atoms with Gasteiger partial charge in [-0.05, 0) is 24.6 Å².